The van der Waals surface area contributed by atoms with Gasteiger partial charge in [0.2, 0.25) is 0 Å². The van der Waals surface area contributed by atoms with Crippen molar-refractivity contribution in [3.05, 3.63) is 47.4 Å². The number of benzene rings is 1. The molecule has 1 unspecified atom stereocenters. The quantitative estimate of drug-likeness (QED) is 0.918. The third kappa shape index (κ3) is 3.74. The smallest absolute Gasteiger partial charge is 0.267 e. The monoisotopic (exact) mass is 352 g/mol. The van der Waals surface area contributed by atoms with Gasteiger partial charge in [0.05, 0.1) is 12.2 Å². The van der Waals surface area contributed by atoms with E-state index in [1.54, 1.807) is 0 Å². The van der Waals surface area contributed by atoms with Gasteiger partial charge in [-0.05, 0) is 25.0 Å². The van der Waals surface area contributed by atoms with Crippen LogP contribution in [0.3, 0.4) is 0 Å². The first-order valence-electron chi connectivity index (χ1n) is 7.66. The predicted octanol–water partition coefficient (Wildman–Crippen LogP) is 2.82. The summed E-state index contributed by atoms with van der Waals surface area (Å²) in [6, 6.07) is 3.82. The predicted molar refractivity (Wildman–Crippen MR) is 82.5 cm³/mol. The number of nitrogens with two attached hydrogens (primary N) is 1. The molecular weight excluding hydrogens is 337 g/mol. The number of carbonyl (C=O) groups excluding carboxylic acids is 1. The van der Waals surface area contributed by atoms with Gasteiger partial charge in [-0.3, -0.25) is 4.79 Å². The maximum absolute atomic E-state index is 14.4. The molecule has 0 spiro atoms. The minimum atomic E-state index is -1.06. The van der Waals surface area contributed by atoms with Gasteiger partial charge in [-0.25, -0.2) is 18.2 Å². The summed E-state index contributed by atoms with van der Waals surface area (Å²) in [6.45, 7) is 0.963. The lowest BCUT2D eigenvalue weighted by Gasteiger charge is -2.23. The molecule has 2 N–H and O–H groups in total. The van der Waals surface area contributed by atoms with E-state index in [2.05, 4.69) is 4.98 Å². The number of amides is 1. The molecule has 1 aromatic carbocycles. The van der Waals surface area contributed by atoms with Crippen LogP contribution < -0.4 is 10.5 Å². The Morgan fingerprint density at radius 1 is 1.20 bits per heavy atom. The molecule has 1 amide bonds. The van der Waals surface area contributed by atoms with Crippen molar-refractivity contribution in [2.24, 2.45) is 5.73 Å². The average molecular weight is 352 g/mol. The molecule has 0 radical (unpaired) electrons. The van der Waals surface area contributed by atoms with Crippen molar-refractivity contribution in [2.45, 2.75) is 18.9 Å². The summed E-state index contributed by atoms with van der Waals surface area (Å²) in [4.78, 5) is 14.8. The Labute approximate surface area is 141 Å². The van der Waals surface area contributed by atoms with Crippen LogP contribution in [0.15, 0.2) is 24.3 Å². The molecule has 8 heteroatoms. The zero-order chi connectivity index (χ0) is 18.0. The highest BCUT2D eigenvalue weighted by Crippen LogP contribution is 2.31. The number of halogens is 3. The number of aromatic nitrogens is 1. The number of primary amides is 1. The van der Waals surface area contributed by atoms with E-state index in [9.17, 15) is 18.0 Å². The molecule has 1 aliphatic rings. The van der Waals surface area contributed by atoms with Gasteiger partial charge in [0.25, 0.3) is 5.91 Å². The Balaban J connectivity index is 1.95. The van der Waals surface area contributed by atoms with Gasteiger partial charge < -0.3 is 15.2 Å². The molecule has 132 valence electrons. The second-order valence-corrected chi connectivity index (χ2v) is 5.61. The SMILES string of the molecule is NC(=O)c1ccc(F)c(-c2c(F)cc(OC3CCCOC3)cc2F)n1. The van der Waals surface area contributed by atoms with Crippen molar-refractivity contribution in [1.82, 2.24) is 4.98 Å². The summed E-state index contributed by atoms with van der Waals surface area (Å²) in [5.74, 6) is -4.04. The molecule has 1 fully saturated rings. The molecule has 2 heterocycles. The van der Waals surface area contributed by atoms with Gasteiger partial charge in [0, 0.05) is 18.7 Å². The molecule has 3 rings (SSSR count). The average Bonchev–Trinajstić information content (AvgIpc) is 2.56. The molecule has 1 aromatic heterocycles. The van der Waals surface area contributed by atoms with Gasteiger partial charge in [-0.15, -0.1) is 0 Å². The Hall–Kier alpha value is -2.61. The lowest BCUT2D eigenvalue weighted by molar-refractivity contribution is 0.00720. The second kappa shape index (κ2) is 7.10. The number of hydrogen-bond donors (Lipinski definition) is 1. The van der Waals surface area contributed by atoms with E-state index >= 15 is 0 Å². The zero-order valence-electron chi connectivity index (χ0n) is 13.1. The van der Waals surface area contributed by atoms with E-state index in [0.29, 0.717) is 19.6 Å². The fourth-order valence-electron chi connectivity index (χ4n) is 2.60. The molecule has 25 heavy (non-hydrogen) atoms. The Bertz CT molecular complexity index is 785. The van der Waals surface area contributed by atoms with E-state index in [0.717, 1.165) is 30.7 Å². The van der Waals surface area contributed by atoms with Crippen LogP contribution in [-0.2, 0) is 4.74 Å². The van der Waals surface area contributed by atoms with Crippen molar-refractivity contribution in [1.29, 1.82) is 0 Å². The van der Waals surface area contributed by atoms with Gasteiger partial charge in [0.1, 0.15) is 40.7 Å². The van der Waals surface area contributed by atoms with Crippen molar-refractivity contribution >= 4 is 5.91 Å². The summed E-state index contributed by atoms with van der Waals surface area (Å²) < 4.78 is 53.5. The number of ether oxygens (including phenoxy) is 2. The number of pyridine rings is 1. The van der Waals surface area contributed by atoms with Crippen LogP contribution in [0.5, 0.6) is 5.75 Å². The molecule has 0 aliphatic carbocycles. The highest BCUT2D eigenvalue weighted by Gasteiger charge is 2.22. The van der Waals surface area contributed by atoms with Crippen LogP contribution >= 0.6 is 0 Å². The largest absolute Gasteiger partial charge is 0.488 e. The second-order valence-electron chi connectivity index (χ2n) is 5.61. The van der Waals surface area contributed by atoms with Crippen molar-refractivity contribution in [2.75, 3.05) is 13.2 Å². The molecule has 0 saturated carbocycles. The standard InChI is InChI=1S/C17H15F3N2O3/c18-11-3-4-14(17(21)23)22-16(11)15-12(19)6-10(7-13(15)20)25-9-2-1-5-24-8-9/h3-4,6-7,9H,1-2,5,8H2,(H2,21,23). The van der Waals surface area contributed by atoms with Crippen molar-refractivity contribution < 1.29 is 27.4 Å². The third-order valence-corrected chi connectivity index (χ3v) is 3.77. The first kappa shape index (κ1) is 17.2. The van der Waals surface area contributed by atoms with Crippen LogP contribution in [0, 0.1) is 17.5 Å². The van der Waals surface area contributed by atoms with E-state index < -0.39 is 34.6 Å². The third-order valence-electron chi connectivity index (χ3n) is 3.77. The van der Waals surface area contributed by atoms with E-state index in [1.807, 2.05) is 0 Å². The van der Waals surface area contributed by atoms with Gasteiger partial charge in [0.15, 0.2) is 0 Å². The number of rotatable bonds is 4. The van der Waals surface area contributed by atoms with Crippen LogP contribution in [0.25, 0.3) is 11.3 Å². The molecule has 1 atom stereocenters. The van der Waals surface area contributed by atoms with Gasteiger partial charge in [-0.2, -0.15) is 0 Å². The van der Waals surface area contributed by atoms with E-state index in [1.165, 1.54) is 0 Å². The van der Waals surface area contributed by atoms with Gasteiger partial charge in [-0.1, -0.05) is 0 Å². The minimum Gasteiger partial charge on any atom is -0.488 e. The fourth-order valence-corrected chi connectivity index (χ4v) is 2.60. The lowest BCUT2D eigenvalue weighted by atomic mass is 10.1. The topological polar surface area (TPSA) is 74.4 Å². The molecule has 1 saturated heterocycles. The molecular formula is C17H15F3N2O3. The van der Waals surface area contributed by atoms with E-state index in [4.69, 9.17) is 15.2 Å². The summed E-state index contributed by atoms with van der Waals surface area (Å²) in [5, 5.41) is 0. The maximum atomic E-state index is 14.4. The van der Waals surface area contributed by atoms with Crippen molar-refractivity contribution in [3.63, 3.8) is 0 Å². The Morgan fingerprint density at radius 2 is 1.92 bits per heavy atom. The number of nitrogens with zero attached hydrogens (tertiary/aromatic N) is 1. The number of carbonyl (C=O) groups is 1. The lowest BCUT2D eigenvalue weighted by Crippen LogP contribution is -2.28. The number of hydrogen-bond acceptors (Lipinski definition) is 4. The molecule has 0 bridgehead atoms. The van der Waals surface area contributed by atoms with Gasteiger partial charge >= 0.3 is 0 Å². The highest BCUT2D eigenvalue weighted by molar-refractivity contribution is 5.91. The Morgan fingerprint density at radius 3 is 2.52 bits per heavy atom. The zero-order valence-corrected chi connectivity index (χ0v) is 13.1. The summed E-state index contributed by atoms with van der Waals surface area (Å²) in [6.07, 6.45) is 1.20. The normalized spacial score (nSPS) is 17.3. The van der Waals surface area contributed by atoms with Crippen LogP contribution in [0.2, 0.25) is 0 Å². The fraction of sp³-hybridized carbons (Fsp3) is 0.294. The van der Waals surface area contributed by atoms with Crippen LogP contribution in [-0.4, -0.2) is 30.2 Å². The maximum Gasteiger partial charge on any atom is 0.267 e. The molecule has 1 aliphatic heterocycles. The molecule has 2 aromatic rings. The Kier molecular flexibility index (Phi) is 4.89. The minimum absolute atomic E-state index is 0.0271. The van der Waals surface area contributed by atoms with Crippen LogP contribution in [0.4, 0.5) is 13.2 Å². The summed E-state index contributed by atoms with van der Waals surface area (Å²) in [5.41, 5.74) is 3.46. The first-order chi connectivity index (χ1) is 12.0. The summed E-state index contributed by atoms with van der Waals surface area (Å²) >= 11 is 0. The summed E-state index contributed by atoms with van der Waals surface area (Å²) in [7, 11) is 0. The van der Waals surface area contributed by atoms with E-state index in [-0.39, 0.29) is 17.5 Å². The van der Waals surface area contributed by atoms with Crippen molar-refractivity contribution in [3.8, 4) is 17.0 Å². The highest BCUT2D eigenvalue weighted by atomic mass is 19.1. The van der Waals surface area contributed by atoms with Crippen LogP contribution in [0.1, 0.15) is 23.3 Å². The first-order valence-corrected chi connectivity index (χ1v) is 7.66. The molecule has 5 nitrogen and oxygen atoms in total.